The van der Waals surface area contributed by atoms with Crippen molar-refractivity contribution in [1.29, 1.82) is 0 Å². The van der Waals surface area contributed by atoms with Gasteiger partial charge in [0.15, 0.2) is 0 Å². The largest absolute Gasteiger partial charge is 0.103 e. The molecule has 0 saturated heterocycles. The van der Waals surface area contributed by atoms with Crippen molar-refractivity contribution in [3.63, 3.8) is 0 Å². The Bertz CT molecular complexity index is 51.7. The summed E-state index contributed by atoms with van der Waals surface area (Å²) in [5.41, 5.74) is 0. The van der Waals surface area contributed by atoms with Crippen LogP contribution in [0.3, 0.4) is 0 Å². The van der Waals surface area contributed by atoms with Crippen molar-refractivity contribution in [3.05, 3.63) is 25.3 Å². The topological polar surface area (TPSA) is 0 Å². The van der Waals surface area contributed by atoms with Gasteiger partial charge in [-0.1, -0.05) is 80.9 Å². The lowest BCUT2D eigenvalue weighted by Gasteiger charge is -1.79. The maximum absolute atomic E-state index is 3.36. The van der Waals surface area contributed by atoms with Gasteiger partial charge in [0.2, 0.25) is 0 Å². The second-order valence-corrected chi connectivity index (χ2v) is 3.26. The molecule has 0 heterocycles. The Balaban J connectivity index is -0.0000000218. The van der Waals surface area contributed by atoms with Crippen LogP contribution in [0.1, 0.15) is 82.6 Å². The third kappa shape index (κ3) is 10400. The van der Waals surface area contributed by atoms with Gasteiger partial charge in [-0.15, -0.1) is 13.2 Å². The van der Waals surface area contributed by atoms with E-state index in [4.69, 9.17) is 0 Å². The van der Waals surface area contributed by atoms with Gasteiger partial charge in [0.05, 0.1) is 0 Å². The molecule has 0 aliphatic rings. The molecule has 0 nitrogen and oxygen atoms in total. The zero-order valence-corrected chi connectivity index (χ0v) is 14.9. The molecule has 0 N–H and O–H groups in total. The van der Waals surface area contributed by atoms with Crippen molar-refractivity contribution in [3.8, 4) is 0 Å². The van der Waals surface area contributed by atoms with E-state index in [-0.39, 0.29) is 0 Å². The number of hydrogen-bond acceptors (Lipinski definition) is 0. The van der Waals surface area contributed by atoms with Gasteiger partial charge in [-0.05, 0) is 19.8 Å². The molecule has 17 heavy (non-hydrogen) atoms. The average molecular weight is 247 g/mol. The lowest BCUT2D eigenvalue weighted by molar-refractivity contribution is 0.737. The van der Waals surface area contributed by atoms with Crippen molar-refractivity contribution in [2.45, 2.75) is 82.6 Å². The molecule has 0 aromatic carbocycles. The van der Waals surface area contributed by atoms with Crippen LogP contribution in [0.5, 0.6) is 0 Å². The minimum atomic E-state index is 0.833. The van der Waals surface area contributed by atoms with Crippen LogP contribution in [0, 0.1) is 5.92 Å². The van der Waals surface area contributed by atoms with Crippen LogP contribution in [0.25, 0.3) is 0 Å². The smallest absolute Gasteiger partial charge is 0.0473 e. The number of hydrogen-bond donors (Lipinski definition) is 0. The summed E-state index contributed by atoms with van der Waals surface area (Å²) in [6.07, 6.45) is 4.75. The Hall–Kier alpha value is -0.520. The van der Waals surface area contributed by atoms with E-state index in [1.54, 1.807) is 12.2 Å². The van der Waals surface area contributed by atoms with Crippen molar-refractivity contribution in [1.82, 2.24) is 0 Å². The van der Waals surface area contributed by atoms with Crippen LogP contribution in [0.15, 0.2) is 25.3 Å². The summed E-state index contributed by atoms with van der Waals surface area (Å²) in [6.45, 7) is 29.3. The molecule has 0 aromatic rings. The Morgan fingerprint density at radius 1 is 0.765 bits per heavy atom. The maximum atomic E-state index is 3.36. The van der Waals surface area contributed by atoms with Crippen molar-refractivity contribution < 1.29 is 0 Å². The van der Waals surface area contributed by atoms with E-state index in [0.29, 0.717) is 0 Å². The Morgan fingerprint density at radius 2 is 0.765 bits per heavy atom. The number of allylic oxidation sites excluding steroid dienone is 2. The summed E-state index contributed by atoms with van der Waals surface area (Å²) in [7, 11) is 0. The van der Waals surface area contributed by atoms with Crippen LogP contribution in [-0.4, -0.2) is 0 Å². The van der Waals surface area contributed by atoms with Crippen LogP contribution in [0.2, 0.25) is 0 Å². The molecule has 0 spiro atoms. The fourth-order valence-corrected chi connectivity index (χ4v) is 0. The highest BCUT2D eigenvalue weighted by molar-refractivity contribution is 4.51. The zero-order chi connectivity index (χ0) is 15.7. The Morgan fingerprint density at radius 3 is 0.765 bits per heavy atom. The minimum absolute atomic E-state index is 0.833. The van der Waals surface area contributed by atoms with Crippen LogP contribution >= 0.6 is 0 Å². The predicted octanol–water partition coefficient (Wildman–Crippen LogP) is 7.52. The fraction of sp³-hybridized carbons (Fsp3) is 0.765. The highest BCUT2D eigenvalue weighted by Crippen LogP contribution is 1.81. The normalized spacial score (nSPS) is 5.41. The van der Waals surface area contributed by atoms with Gasteiger partial charge in [0.25, 0.3) is 0 Å². The first-order chi connectivity index (χ1) is 7.97. The van der Waals surface area contributed by atoms with E-state index in [1.165, 1.54) is 6.42 Å². The molecule has 0 saturated carbocycles. The molecule has 0 aromatic heterocycles. The van der Waals surface area contributed by atoms with Gasteiger partial charge < -0.3 is 0 Å². The van der Waals surface area contributed by atoms with E-state index in [2.05, 4.69) is 47.8 Å². The van der Waals surface area contributed by atoms with Gasteiger partial charge in [-0.3, -0.25) is 0 Å². The first-order valence-corrected chi connectivity index (χ1v) is 7.12. The summed E-state index contributed by atoms with van der Waals surface area (Å²) in [5, 5.41) is 0. The molecule has 0 aliphatic carbocycles. The summed E-state index contributed by atoms with van der Waals surface area (Å²) in [6, 6.07) is 0. The second kappa shape index (κ2) is 108. The lowest BCUT2D eigenvalue weighted by atomic mass is 10.3. The molecule has 0 aliphatic heterocycles. The van der Waals surface area contributed by atoms with E-state index in [9.17, 15) is 0 Å². The first kappa shape index (κ1) is 36.0. The van der Waals surface area contributed by atoms with E-state index in [1.807, 2.05) is 41.5 Å². The highest BCUT2D eigenvalue weighted by Gasteiger charge is 1.68. The molecule has 0 fully saturated rings. The number of rotatable bonds is 0. The third-order valence-electron chi connectivity index (χ3n) is 0. The van der Waals surface area contributed by atoms with Crippen LogP contribution in [0.4, 0.5) is 0 Å². The molecule has 110 valence electrons. The Kier molecular flexibility index (Phi) is 229. The van der Waals surface area contributed by atoms with E-state index >= 15 is 0 Å². The van der Waals surface area contributed by atoms with Gasteiger partial charge in [0.1, 0.15) is 0 Å². The fourth-order valence-electron chi connectivity index (χ4n) is 0. The summed E-state index contributed by atoms with van der Waals surface area (Å²) >= 11 is 0. The predicted molar refractivity (Wildman–Crippen MR) is 90.9 cm³/mol. The molecule has 0 unspecified atom stereocenters. The lowest BCUT2D eigenvalue weighted by Crippen LogP contribution is -1.66. The molecular formula is C17H42. The van der Waals surface area contributed by atoms with Gasteiger partial charge in [-0.25, -0.2) is 0 Å². The molecule has 0 heteroatoms. The molecular weight excluding hydrogens is 204 g/mol. The van der Waals surface area contributed by atoms with Gasteiger partial charge in [-0.2, -0.15) is 0 Å². The monoisotopic (exact) mass is 246 g/mol. The standard InChI is InChI=1S/C4H10.C3H8.2C3H6.2C2H6/c1-4(2)3;3*1-3-2;2*1-2/h4H,1-3H3;3H2,1-2H3;2*3H,1H2,2H3;2*1-2H3. The van der Waals surface area contributed by atoms with Gasteiger partial charge in [0, 0.05) is 0 Å². The molecule has 0 rings (SSSR count). The first-order valence-electron chi connectivity index (χ1n) is 7.12. The highest BCUT2D eigenvalue weighted by atomic mass is 13.7. The van der Waals surface area contributed by atoms with Crippen molar-refractivity contribution >= 4 is 0 Å². The molecule has 0 bridgehead atoms. The van der Waals surface area contributed by atoms with Crippen LogP contribution < -0.4 is 0 Å². The maximum Gasteiger partial charge on any atom is -0.0473 e. The summed E-state index contributed by atoms with van der Waals surface area (Å²) in [5.74, 6) is 0.833. The van der Waals surface area contributed by atoms with E-state index in [0.717, 1.165) is 5.92 Å². The molecule has 0 amide bonds. The summed E-state index contributed by atoms with van der Waals surface area (Å²) in [4.78, 5) is 0. The van der Waals surface area contributed by atoms with Crippen LogP contribution in [-0.2, 0) is 0 Å². The quantitative estimate of drug-likeness (QED) is 0.388. The Labute approximate surface area is 114 Å². The third-order valence-corrected chi connectivity index (χ3v) is 0. The molecule has 0 atom stereocenters. The molecule has 0 radical (unpaired) electrons. The second-order valence-electron chi connectivity index (χ2n) is 3.26. The van der Waals surface area contributed by atoms with Crippen molar-refractivity contribution in [2.24, 2.45) is 5.92 Å². The zero-order valence-electron chi connectivity index (χ0n) is 14.9. The average Bonchev–Trinajstić information content (AvgIpc) is 2.25. The van der Waals surface area contributed by atoms with Gasteiger partial charge >= 0.3 is 0 Å². The SMILES string of the molecule is C=CC.C=CC.CC.CC.CC(C)C.CCC. The summed E-state index contributed by atoms with van der Waals surface area (Å²) < 4.78 is 0. The van der Waals surface area contributed by atoms with Crippen molar-refractivity contribution in [2.75, 3.05) is 0 Å². The minimum Gasteiger partial charge on any atom is -0.103 e. The van der Waals surface area contributed by atoms with E-state index < -0.39 is 0 Å².